The number of rotatable bonds is 7. The Kier molecular flexibility index (Phi) is 7.59. The summed E-state index contributed by atoms with van der Waals surface area (Å²) in [4.78, 5) is 33.8. The fourth-order valence-electron chi connectivity index (χ4n) is 1.86. The molecule has 1 rings (SSSR count). The van der Waals surface area contributed by atoms with Gasteiger partial charge in [0.05, 0.1) is 4.92 Å². The molecule has 0 atom stereocenters. The topological polar surface area (TPSA) is 120 Å². The Morgan fingerprint density at radius 2 is 1.75 bits per heavy atom. The summed E-state index contributed by atoms with van der Waals surface area (Å²) in [5.74, 6) is -1.25. The molecule has 0 spiro atoms. The van der Waals surface area contributed by atoms with Crippen molar-refractivity contribution in [3.63, 3.8) is 0 Å². The fourth-order valence-corrected chi connectivity index (χ4v) is 1.86. The average Bonchev–Trinajstić information content (AvgIpc) is 2.54. The van der Waals surface area contributed by atoms with Crippen molar-refractivity contribution in [2.24, 2.45) is 0 Å². The number of benzene rings is 1. The minimum Gasteiger partial charge on any atom is -0.484 e. The summed E-state index contributed by atoms with van der Waals surface area (Å²) in [7, 11) is 0. The van der Waals surface area contributed by atoms with Crippen LogP contribution in [0.1, 0.15) is 31.1 Å². The third-order valence-electron chi connectivity index (χ3n) is 2.89. The number of ether oxygens (including phenoxy) is 2. The molecule has 156 valence electrons. The number of carbonyl (C=O) groups excluding carboxylic acids is 2. The first-order valence-electron chi connectivity index (χ1n) is 8.01. The standard InChI is InChI=1S/C16H20F3N3O6/c1-15(2,3)28-14(24)21-7-6-20-13(23)11-8-10(27-9-16(17,18)19)4-5-12(11)22(25)26/h4-5,8H,6-7,9H2,1-3H3,(H,20,23)(H,21,24). The Labute approximate surface area is 158 Å². The van der Waals surface area contributed by atoms with Crippen LogP contribution in [0.4, 0.5) is 23.7 Å². The molecule has 12 heteroatoms. The highest BCUT2D eigenvalue weighted by Crippen LogP contribution is 2.25. The molecule has 1 aromatic rings. The molecule has 0 bridgehead atoms. The van der Waals surface area contributed by atoms with Crippen LogP contribution in [0.15, 0.2) is 18.2 Å². The smallest absolute Gasteiger partial charge is 0.422 e. The largest absolute Gasteiger partial charge is 0.484 e. The number of hydrogen-bond acceptors (Lipinski definition) is 6. The van der Waals surface area contributed by atoms with E-state index >= 15 is 0 Å². The van der Waals surface area contributed by atoms with Gasteiger partial charge in [-0.1, -0.05) is 0 Å². The summed E-state index contributed by atoms with van der Waals surface area (Å²) in [6.45, 7) is 3.28. The number of halogens is 3. The lowest BCUT2D eigenvalue weighted by Gasteiger charge is -2.19. The molecule has 28 heavy (non-hydrogen) atoms. The third kappa shape index (κ3) is 8.56. The summed E-state index contributed by atoms with van der Waals surface area (Å²) in [5.41, 5.74) is -1.77. The lowest BCUT2D eigenvalue weighted by Crippen LogP contribution is -2.38. The van der Waals surface area contributed by atoms with Crippen LogP contribution in [0.2, 0.25) is 0 Å². The van der Waals surface area contributed by atoms with Crippen LogP contribution in [0.5, 0.6) is 5.75 Å². The van der Waals surface area contributed by atoms with Gasteiger partial charge in [0, 0.05) is 19.2 Å². The van der Waals surface area contributed by atoms with Crippen molar-refractivity contribution >= 4 is 17.7 Å². The maximum absolute atomic E-state index is 12.2. The summed E-state index contributed by atoms with van der Waals surface area (Å²) in [5, 5.41) is 15.7. The van der Waals surface area contributed by atoms with Gasteiger partial charge in [0.15, 0.2) is 6.61 Å². The van der Waals surface area contributed by atoms with E-state index in [1.165, 1.54) is 0 Å². The molecule has 0 aliphatic heterocycles. The zero-order valence-electron chi connectivity index (χ0n) is 15.4. The lowest BCUT2D eigenvalue weighted by molar-refractivity contribution is -0.385. The van der Waals surface area contributed by atoms with E-state index in [4.69, 9.17) is 4.74 Å². The Morgan fingerprint density at radius 1 is 1.14 bits per heavy atom. The zero-order valence-corrected chi connectivity index (χ0v) is 15.4. The number of nitro groups is 1. The van der Waals surface area contributed by atoms with Gasteiger partial charge in [0.1, 0.15) is 16.9 Å². The van der Waals surface area contributed by atoms with E-state index < -0.39 is 46.6 Å². The summed E-state index contributed by atoms with van der Waals surface area (Å²) >= 11 is 0. The van der Waals surface area contributed by atoms with Gasteiger partial charge in [-0.15, -0.1) is 0 Å². The van der Waals surface area contributed by atoms with Crippen molar-refractivity contribution in [1.29, 1.82) is 0 Å². The zero-order chi connectivity index (χ0) is 21.5. The van der Waals surface area contributed by atoms with Crippen molar-refractivity contribution in [2.75, 3.05) is 19.7 Å². The van der Waals surface area contributed by atoms with E-state index in [1.807, 2.05) is 0 Å². The maximum Gasteiger partial charge on any atom is 0.422 e. The molecule has 0 fully saturated rings. The average molecular weight is 407 g/mol. The monoisotopic (exact) mass is 407 g/mol. The molecule has 2 amide bonds. The van der Waals surface area contributed by atoms with E-state index in [2.05, 4.69) is 15.4 Å². The first-order valence-corrected chi connectivity index (χ1v) is 8.01. The van der Waals surface area contributed by atoms with E-state index in [1.54, 1.807) is 20.8 Å². The van der Waals surface area contributed by atoms with Crippen LogP contribution in [0.25, 0.3) is 0 Å². The van der Waals surface area contributed by atoms with Gasteiger partial charge in [-0.2, -0.15) is 13.2 Å². The minimum atomic E-state index is -4.60. The quantitative estimate of drug-likeness (QED) is 0.407. The third-order valence-corrected chi connectivity index (χ3v) is 2.89. The highest BCUT2D eigenvalue weighted by Gasteiger charge is 2.29. The molecule has 2 N–H and O–H groups in total. The van der Waals surface area contributed by atoms with Crippen molar-refractivity contribution < 1.29 is 37.2 Å². The van der Waals surface area contributed by atoms with Crippen LogP contribution in [0, 0.1) is 10.1 Å². The van der Waals surface area contributed by atoms with Crippen molar-refractivity contribution in [3.05, 3.63) is 33.9 Å². The number of nitrogens with one attached hydrogen (secondary N) is 2. The molecule has 0 unspecified atom stereocenters. The molecule has 0 aliphatic rings. The minimum absolute atomic E-state index is 0.0291. The molecular formula is C16H20F3N3O6. The van der Waals surface area contributed by atoms with E-state index in [-0.39, 0.29) is 18.8 Å². The first kappa shape index (κ1) is 23.0. The Morgan fingerprint density at radius 3 is 2.29 bits per heavy atom. The first-order chi connectivity index (χ1) is 12.8. The molecule has 0 aliphatic carbocycles. The van der Waals surface area contributed by atoms with Crippen LogP contribution in [-0.2, 0) is 4.74 Å². The van der Waals surface area contributed by atoms with Crippen LogP contribution < -0.4 is 15.4 Å². The molecule has 0 radical (unpaired) electrons. The number of nitro benzene ring substituents is 1. The van der Waals surface area contributed by atoms with Gasteiger partial charge >= 0.3 is 12.3 Å². The SMILES string of the molecule is CC(C)(C)OC(=O)NCCNC(=O)c1cc(OCC(F)(F)F)ccc1[N+](=O)[O-]. The Hall–Kier alpha value is -3.05. The van der Waals surface area contributed by atoms with Gasteiger partial charge in [0.25, 0.3) is 11.6 Å². The Balaban J connectivity index is 2.71. The molecule has 0 saturated heterocycles. The number of carbonyl (C=O) groups is 2. The normalized spacial score (nSPS) is 11.5. The van der Waals surface area contributed by atoms with Gasteiger partial charge < -0.3 is 20.1 Å². The second-order valence-electron chi connectivity index (χ2n) is 6.52. The van der Waals surface area contributed by atoms with Crippen molar-refractivity contribution in [1.82, 2.24) is 10.6 Å². The highest BCUT2D eigenvalue weighted by molar-refractivity contribution is 5.98. The molecule has 0 saturated carbocycles. The second-order valence-corrected chi connectivity index (χ2v) is 6.52. The predicted octanol–water partition coefficient (Wildman–Crippen LogP) is 2.79. The maximum atomic E-state index is 12.2. The van der Waals surface area contributed by atoms with Crippen LogP contribution in [-0.4, -0.2) is 48.4 Å². The Bertz CT molecular complexity index is 731. The van der Waals surface area contributed by atoms with E-state index in [0.717, 1.165) is 18.2 Å². The number of amides is 2. The van der Waals surface area contributed by atoms with Gasteiger partial charge in [-0.25, -0.2) is 4.79 Å². The van der Waals surface area contributed by atoms with Crippen molar-refractivity contribution in [3.8, 4) is 5.75 Å². The number of alkyl carbamates (subject to hydrolysis) is 1. The molecule has 0 heterocycles. The summed E-state index contributed by atoms with van der Waals surface area (Å²) in [6.07, 6.45) is -5.31. The highest BCUT2D eigenvalue weighted by atomic mass is 19.4. The van der Waals surface area contributed by atoms with E-state index in [9.17, 15) is 32.9 Å². The molecule has 0 aromatic heterocycles. The van der Waals surface area contributed by atoms with E-state index in [0.29, 0.717) is 0 Å². The summed E-state index contributed by atoms with van der Waals surface area (Å²) < 4.78 is 46.2. The molecule has 9 nitrogen and oxygen atoms in total. The second kappa shape index (κ2) is 9.24. The van der Waals surface area contributed by atoms with Crippen LogP contribution in [0.3, 0.4) is 0 Å². The van der Waals surface area contributed by atoms with Gasteiger partial charge in [0.2, 0.25) is 0 Å². The molecule has 1 aromatic carbocycles. The van der Waals surface area contributed by atoms with Crippen molar-refractivity contribution in [2.45, 2.75) is 32.5 Å². The van der Waals surface area contributed by atoms with Gasteiger partial charge in [-0.05, 0) is 32.9 Å². The molecular weight excluding hydrogens is 387 g/mol. The predicted molar refractivity (Wildman–Crippen MR) is 91.2 cm³/mol. The number of hydrogen-bond donors (Lipinski definition) is 2. The lowest BCUT2D eigenvalue weighted by atomic mass is 10.1. The fraction of sp³-hybridized carbons (Fsp3) is 0.500. The number of alkyl halides is 3. The van der Waals surface area contributed by atoms with Crippen LogP contribution >= 0.6 is 0 Å². The van der Waals surface area contributed by atoms with Gasteiger partial charge in [-0.3, -0.25) is 14.9 Å². The summed E-state index contributed by atoms with van der Waals surface area (Å²) in [6, 6.07) is 2.69. The number of nitrogens with zero attached hydrogens (tertiary/aromatic N) is 1.